The fraction of sp³-hybridized carbons (Fsp3) is 1.00. The van der Waals surface area contributed by atoms with E-state index in [-0.39, 0.29) is 17.6 Å². The number of ether oxygens (including phenoxy) is 1. The summed E-state index contributed by atoms with van der Waals surface area (Å²) in [6.45, 7) is 11.5. The van der Waals surface area contributed by atoms with Crippen LogP contribution in [0.2, 0.25) is 0 Å². The average Bonchev–Trinajstić information content (AvgIpc) is 2.11. The summed E-state index contributed by atoms with van der Waals surface area (Å²) in [7, 11) is 0. The van der Waals surface area contributed by atoms with Crippen molar-refractivity contribution < 1.29 is 9.84 Å². The van der Waals surface area contributed by atoms with Crippen LogP contribution in [0.15, 0.2) is 0 Å². The molecule has 0 saturated carbocycles. The number of aliphatic hydroxyl groups excluding tert-OH is 1. The Bertz CT molecular complexity index is 135. The van der Waals surface area contributed by atoms with E-state index in [1.165, 1.54) is 0 Å². The van der Waals surface area contributed by atoms with Crippen molar-refractivity contribution in [3.63, 3.8) is 0 Å². The maximum Gasteiger partial charge on any atom is 0.0598 e. The van der Waals surface area contributed by atoms with Gasteiger partial charge in [0.15, 0.2) is 0 Å². The first-order chi connectivity index (χ1) is 6.39. The van der Waals surface area contributed by atoms with E-state index in [1.807, 2.05) is 0 Å². The molecular formula is C12H26O2. The topological polar surface area (TPSA) is 29.5 Å². The molecule has 0 aliphatic heterocycles. The summed E-state index contributed by atoms with van der Waals surface area (Å²) < 4.78 is 5.68. The van der Waals surface area contributed by atoms with E-state index in [0.717, 1.165) is 25.9 Å². The van der Waals surface area contributed by atoms with Gasteiger partial charge >= 0.3 is 0 Å². The van der Waals surface area contributed by atoms with Gasteiger partial charge in [0.05, 0.1) is 5.60 Å². The van der Waals surface area contributed by atoms with Gasteiger partial charge < -0.3 is 9.84 Å². The van der Waals surface area contributed by atoms with Crippen molar-refractivity contribution in [2.45, 2.75) is 59.5 Å². The van der Waals surface area contributed by atoms with E-state index in [4.69, 9.17) is 4.74 Å². The summed E-state index contributed by atoms with van der Waals surface area (Å²) in [6.07, 6.45) is 2.99. The molecule has 1 N–H and O–H groups in total. The Balaban J connectivity index is 3.95. The molecule has 86 valence electrons. The summed E-state index contributed by atoms with van der Waals surface area (Å²) in [5.41, 5.74) is 0.00787. The second kappa shape index (κ2) is 5.72. The quantitative estimate of drug-likeness (QED) is 0.717. The highest BCUT2D eigenvalue weighted by atomic mass is 16.5. The first-order valence-electron chi connectivity index (χ1n) is 5.64. The van der Waals surface area contributed by atoms with Crippen LogP contribution in [0.25, 0.3) is 0 Å². The van der Waals surface area contributed by atoms with Crippen molar-refractivity contribution in [2.24, 2.45) is 5.41 Å². The molecule has 0 atom stereocenters. The van der Waals surface area contributed by atoms with Gasteiger partial charge in [-0.25, -0.2) is 0 Å². The lowest BCUT2D eigenvalue weighted by Crippen LogP contribution is -2.28. The molecule has 0 bridgehead atoms. The van der Waals surface area contributed by atoms with E-state index in [9.17, 15) is 5.11 Å². The summed E-state index contributed by atoms with van der Waals surface area (Å²) >= 11 is 0. The minimum absolute atomic E-state index is 0.0668. The van der Waals surface area contributed by atoms with Crippen LogP contribution in [-0.2, 0) is 4.74 Å². The van der Waals surface area contributed by atoms with Gasteiger partial charge in [0.1, 0.15) is 0 Å². The lowest BCUT2D eigenvalue weighted by Gasteiger charge is -2.31. The Labute approximate surface area is 88.7 Å². The summed E-state index contributed by atoms with van der Waals surface area (Å²) in [5.74, 6) is 0. The van der Waals surface area contributed by atoms with Gasteiger partial charge in [0.25, 0.3) is 0 Å². The second-order valence-corrected chi connectivity index (χ2v) is 5.08. The molecule has 0 aliphatic rings. The molecule has 0 saturated heterocycles. The van der Waals surface area contributed by atoms with Crippen molar-refractivity contribution in [1.82, 2.24) is 0 Å². The fourth-order valence-electron chi connectivity index (χ4n) is 1.48. The molecule has 0 radical (unpaired) electrons. The zero-order valence-corrected chi connectivity index (χ0v) is 10.4. The molecule has 0 fully saturated rings. The van der Waals surface area contributed by atoms with Crippen molar-refractivity contribution >= 4 is 0 Å². The van der Waals surface area contributed by atoms with Crippen LogP contribution in [0.4, 0.5) is 0 Å². The Kier molecular flexibility index (Phi) is 5.68. The van der Waals surface area contributed by atoms with Gasteiger partial charge in [0, 0.05) is 13.2 Å². The normalized spacial score (nSPS) is 13.3. The van der Waals surface area contributed by atoms with Gasteiger partial charge in [-0.2, -0.15) is 0 Å². The third kappa shape index (κ3) is 4.97. The van der Waals surface area contributed by atoms with Crippen LogP contribution in [0.1, 0.15) is 53.9 Å². The zero-order chi connectivity index (χ0) is 11.2. The highest BCUT2D eigenvalue weighted by molar-refractivity contribution is 4.75. The molecule has 0 heterocycles. The Morgan fingerprint density at radius 3 is 1.86 bits per heavy atom. The van der Waals surface area contributed by atoms with Crippen LogP contribution in [0, 0.1) is 5.41 Å². The summed E-state index contributed by atoms with van der Waals surface area (Å²) in [4.78, 5) is 0. The average molecular weight is 202 g/mol. The van der Waals surface area contributed by atoms with Gasteiger partial charge in [-0.1, -0.05) is 13.8 Å². The maximum absolute atomic E-state index is 9.35. The SMILES string of the molecule is CCC(CC)(CO)CCOC(C)(C)C. The molecule has 0 aliphatic carbocycles. The number of rotatable bonds is 6. The molecule has 0 aromatic rings. The zero-order valence-electron chi connectivity index (χ0n) is 10.4. The molecule has 0 rings (SSSR count). The largest absolute Gasteiger partial charge is 0.396 e. The monoisotopic (exact) mass is 202 g/mol. The molecule has 14 heavy (non-hydrogen) atoms. The fourth-order valence-corrected chi connectivity index (χ4v) is 1.48. The van der Waals surface area contributed by atoms with Crippen LogP contribution in [-0.4, -0.2) is 23.9 Å². The Hall–Kier alpha value is -0.0800. The standard InChI is InChI=1S/C12H26O2/c1-6-12(7-2,10-13)8-9-14-11(3,4)5/h13H,6-10H2,1-5H3. The highest BCUT2D eigenvalue weighted by Gasteiger charge is 2.25. The van der Waals surface area contributed by atoms with Crippen molar-refractivity contribution in [2.75, 3.05) is 13.2 Å². The lowest BCUT2D eigenvalue weighted by molar-refractivity contribution is -0.0284. The van der Waals surface area contributed by atoms with Gasteiger partial charge in [-0.3, -0.25) is 0 Å². The Morgan fingerprint density at radius 1 is 1.07 bits per heavy atom. The first-order valence-corrected chi connectivity index (χ1v) is 5.64. The number of hydrogen-bond acceptors (Lipinski definition) is 2. The van der Waals surface area contributed by atoms with E-state index < -0.39 is 0 Å². The van der Waals surface area contributed by atoms with E-state index in [2.05, 4.69) is 34.6 Å². The maximum atomic E-state index is 9.35. The van der Waals surface area contributed by atoms with Crippen LogP contribution < -0.4 is 0 Å². The Morgan fingerprint density at radius 2 is 1.57 bits per heavy atom. The molecule has 0 aromatic carbocycles. The van der Waals surface area contributed by atoms with Crippen molar-refractivity contribution in [1.29, 1.82) is 0 Å². The molecule has 0 amide bonds. The van der Waals surface area contributed by atoms with E-state index >= 15 is 0 Å². The lowest BCUT2D eigenvalue weighted by atomic mass is 9.80. The molecule has 0 spiro atoms. The smallest absolute Gasteiger partial charge is 0.0598 e. The number of hydrogen-bond donors (Lipinski definition) is 1. The molecular weight excluding hydrogens is 176 g/mol. The molecule has 0 unspecified atom stereocenters. The molecule has 2 nitrogen and oxygen atoms in total. The van der Waals surface area contributed by atoms with Gasteiger partial charge in [0.2, 0.25) is 0 Å². The summed E-state index contributed by atoms with van der Waals surface area (Å²) in [5, 5.41) is 9.35. The van der Waals surface area contributed by atoms with Crippen LogP contribution in [0.5, 0.6) is 0 Å². The third-order valence-electron chi connectivity index (χ3n) is 3.00. The van der Waals surface area contributed by atoms with Crippen LogP contribution in [0.3, 0.4) is 0 Å². The van der Waals surface area contributed by atoms with E-state index in [0.29, 0.717) is 0 Å². The third-order valence-corrected chi connectivity index (χ3v) is 3.00. The number of aliphatic hydroxyl groups is 1. The van der Waals surface area contributed by atoms with Gasteiger partial charge in [-0.05, 0) is 45.4 Å². The predicted octanol–water partition coefficient (Wildman–Crippen LogP) is 2.99. The van der Waals surface area contributed by atoms with Crippen molar-refractivity contribution in [3.8, 4) is 0 Å². The predicted molar refractivity (Wildman–Crippen MR) is 60.4 cm³/mol. The second-order valence-electron chi connectivity index (χ2n) is 5.08. The van der Waals surface area contributed by atoms with E-state index in [1.54, 1.807) is 0 Å². The first kappa shape index (κ1) is 13.9. The molecule has 2 heteroatoms. The minimum Gasteiger partial charge on any atom is -0.396 e. The minimum atomic E-state index is -0.0668. The van der Waals surface area contributed by atoms with Gasteiger partial charge in [-0.15, -0.1) is 0 Å². The van der Waals surface area contributed by atoms with Crippen molar-refractivity contribution in [3.05, 3.63) is 0 Å². The highest BCUT2D eigenvalue weighted by Crippen LogP contribution is 2.30. The molecule has 0 aromatic heterocycles. The van der Waals surface area contributed by atoms with Crippen LogP contribution >= 0.6 is 0 Å². The summed E-state index contributed by atoms with van der Waals surface area (Å²) in [6, 6.07) is 0.